The fraction of sp³-hybridized carbons (Fsp3) is 0.600. The summed E-state index contributed by atoms with van der Waals surface area (Å²) in [5.41, 5.74) is 2.66. The molecule has 0 aliphatic heterocycles. The van der Waals surface area contributed by atoms with Gasteiger partial charge in [0.2, 0.25) is 0 Å². The highest BCUT2D eigenvalue weighted by atomic mass is 16.3. The van der Waals surface area contributed by atoms with Crippen molar-refractivity contribution in [3.8, 4) is 0 Å². The van der Waals surface area contributed by atoms with Crippen LogP contribution in [0.1, 0.15) is 49.8 Å². The second-order valence-corrected chi connectivity index (χ2v) is 5.20. The summed E-state index contributed by atoms with van der Waals surface area (Å²) in [4.78, 5) is 0. The molecule has 3 atom stereocenters. The Morgan fingerprint density at radius 3 is 2.65 bits per heavy atom. The first-order valence-corrected chi connectivity index (χ1v) is 6.68. The van der Waals surface area contributed by atoms with Gasteiger partial charge in [0.05, 0.1) is 6.10 Å². The summed E-state index contributed by atoms with van der Waals surface area (Å²) in [6, 6.07) is 9.04. The molecule has 17 heavy (non-hydrogen) atoms. The molecule has 0 spiro atoms. The van der Waals surface area contributed by atoms with E-state index >= 15 is 0 Å². The average Bonchev–Trinajstić information content (AvgIpc) is 2.32. The lowest BCUT2D eigenvalue weighted by atomic mass is 9.91. The second kappa shape index (κ2) is 5.65. The molecule has 2 heteroatoms. The van der Waals surface area contributed by atoms with Crippen LogP contribution >= 0.6 is 0 Å². The lowest BCUT2D eigenvalue weighted by Gasteiger charge is -2.31. The zero-order valence-corrected chi connectivity index (χ0v) is 10.8. The van der Waals surface area contributed by atoms with Gasteiger partial charge in [0.1, 0.15) is 0 Å². The largest absolute Gasteiger partial charge is 0.392 e. The van der Waals surface area contributed by atoms with Crippen molar-refractivity contribution in [1.29, 1.82) is 0 Å². The van der Waals surface area contributed by atoms with Crippen molar-refractivity contribution in [2.24, 2.45) is 0 Å². The monoisotopic (exact) mass is 233 g/mol. The zero-order valence-electron chi connectivity index (χ0n) is 10.8. The molecule has 1 aromatic carbocycles. The molecule has 1 aromatic rings. The van der Waals surface area contributed by atoms with Crippen molar-refractivity contribution < 1.29 is 5.11 Å². The second-order valence-electron chi connectivity index (χ2n) is 5.20. The SMILES string of the molecule is Cc1ccccc1C(C)NC1CCCCC1O. The van der Waals surface area contributed by atoms with Crippen LogP contribution in [-0.4, -0.2) is 17.3 Å². The van der Waals surface area contributed by atoms with E-state index in [2.05, 4.69) is 43.4 Å². The lowest BCUT2D eigenvalue weighted by molar-refractivity contribution is 0.0859. The fourth-order valence-corrected chi connectivity index (χ4v) is 2.79. The lowest BCUT2D eigenvalue weighted by Crippen LogP contribution is -2.43. The molecule has 1 aliphatic rings. The first-order valence-electron chi connectivity index (χ1n) is 6.68. The van der Waals surface area contributed by atoms with Crippen molar-refractivity contribution >= 4 is 0 Å². The van der Waals surface area contributed by atoms with Crippen molar-refractivity contribution in [3.63, 3.8) is 0 Å². The Morgan fingerprint density at radius 2 is 1.94 bits per heavy atom. The predicted octanol–water partition coefficient (Wildman–Crippen LogP) is 2.95. The third-order valence-corrected chi connectivity index (χ3v) is 3.85. The van der Waals surface area contributed by atoms with E-state index in [9.17, 15) is 5.11 Å². The van der Waals surface area contributed by atoms with Gasteiger partial charge in [-0.3, -0.25) is 0 Å². The van der Waals surface area contributed by atoms with Gasteiger partial charge in [-0.25, -0.2) is 0 Å². The third kappa shape index (κ3) is 3.08. The maximum atomic E-state index is 9.97. The summed E-state index contributed by atoms with van der Waals surface area (Å²) in [6.07, 6.45) is 4.26. The van der Waals surface area contributed by atoms with Gasteiger partial charge in [-0.2, -0.15) is 0 Å². The maximum absolute atomic E-state index is 9.97. The summed E-state index contributed by atoms with van der Waals surface area (Å²) in [6.45, 7) is 4.33. The number of hydrogen-bond acceptors (Lipinski definition) is 2. The Bertz CT molecular complexity index is 364. The van der Waals surface area contributed by atoms with E-state index in [-0.39, 0.29) is 12.1 Å². The van der Waals surface area contributed by atoms with E-state index in [0.29, 0.717) is 6.04 Å². The van der Waals surface area contributed by atoms with E-state index in [0.717, 1.165) is 19.3 Å². The minimum atomic E-state index is -0.171. The highest BCUT2D eigenvalue weighted by Crippen LogP contribution is 2.23. The van der Waals surface area contributed by atoms with E-state index in [1.807, 2.05) is 0 Å². The molecule has 94 valence electrons. The Kier molecular flexibility index (Phi) is 4.19. The van der Waals surface area contributed by atoms with Crippen molar-refractivity contribution in [2.45, 2.75) is 57.7 Å². The van der Waals surface area contributed by atoms with E-state index in [4.69, 9.17) is 0 Å². The van der Waals surface area contributed by atoms with Crippen LogP contribution in [0.5, 0.6) is 0 Å². The minimum absolute atomic E-state index is 0.171. The first-order chi connectivity index (χ1) is 8.18. The third-order valence-electron chi connectivity index (χ3n) is 3.85. The van der Waals surface area contributed by atoms with Gasteiger partial charge in [0.25, 0.3) is 0 Å². The molecule has 2 nitrogen and oxygen atoms in total. The summed E-state index contributed by atoms with van der Waals surface area (Å²) < 4.78 is 0. The van der Waals surface area contributed by atoms with Crippen LogP contribution in [0, 0.1) is 6.92 Å². The van der Waals surface area contributed by atoms with Crippen LogP contribution in [0.3, 0.4) is 0 Å². The molecular formula is C15H23NO. The fourth-order valence-electron chi connectivity index (χ4n) is 2.79. The molecule has 0 saturated heterocycles. The number of nitrogens with one attached hydrogen (secondary N) is 1. The molecular weight excluding hydrogens is 210 g/mol. The normalized spacial score (nSPS) is 26.8. The predicted molar refractivity (Wildman–Crippen MR) is 71.0 cm³/mol. The highest BCUT2D eigenvalue weighted by molar-refractivity contribution is 5.28. The Morgan fingerprint density at radius 1 is 1.24 bits per heavy atom. The van der Waals surface area contributed by atoms with Gasteiger partial charge in [0, 0.05) is 12.1 Å². The minimum Gasteiger partial charge on any atom is -0.392 e. The number of aliphatic hydroxyl groups excluding tert-OH is 1. The topological polar surface area (TPSA) is 32.3 Å². The van der Waals surface area contributed by atoms with Gasteiger partial charge >= 0.3 is 0 Å². The van der Waals surface area contributed by atoms with E-state index in [1.54, 1.807) is 0 Å². The first kappa shape index (κ1) is 12.6. The van der Waals surface area contributed by atoms with Crippen LogP contribution in [0.2, 0.25) is 0 Å². The average molecular weight is 233 g/mol. The number of aliphatic hydroxyl groups is 1. The molecule has 0 bridgehead atoms. The number of hydrogen-bond donors (Lipinski definition) is 2. The van der Waals surface area contributed by atoms with Gasteiger partial charge in [-0.05, 0) is 37.8 Å². The van der Waals surface area contributed by atoms with Crippen LogP contribution in [-0.2, 0) is 0 Å². The smallest absolute Gasteiger partial charge is 0.0693 e. The van der Waals surface area contributed by atoms with E-state index in [1.165, 1.54) is 17.5 Å². The van der Waals surface area contributed by atoms with Crippen molar-refractivity contribution in [1.82, 2.24) is 5.32 Å². The Labute approximate surface area is 104 Å². The van der Waals surface area contributed by atoms with Crippen LogP contribution in [0.15, 0.2) is 24.3 Å². The standard InChI is InChI=1S/C15H23NO/c1-11-7-3-4-8-13(11)12(2)16-14-9-5-6-10-15(14)17/h3-4,7-8,12,14-17H,5-6,9-10H2,1-2H3. The number of aryl methyl sites for hydroxylation is 1. The Hall–Kier alpha value is -0.860. The van der Waals surface area contributed by atoms with Crippen molar-refractivity contribution in [3.05, 3.63) is 35.4 Å². The van der Waals surface area contributed by atoms with Crippen LogP contribution < -0.4 is 5.32 Å². The molecule has 0 heterocycles. The van der Waals surface area contributed by atoms with Crippen LogP contribution in [0.25, 0.3) is 0 Å². The molecule has 0 aromatic heterocycles. The van der Waals surface area contributed by atoms with E-state index < -0.39 is 0 Å². The van der Waals surface area contributed by atoms with Gasteiger partial charge in [-0.1, -0.05) is 37.1 Å². The van der Waals surface area contributed by atoms with Gasteiger partial charge in [0.15, 0.2) is 0 Å². The van der Waals surface area contributed by atoms with Gasteiger partial charge in [-0.15, -0.1) is 0 Å². The summed E-state index contributed by atoms with van der Waals surface area (Å²) in [5.74, 6) is 0. The summed E-state index contributed by atoms with van der Waals surface area (Å²) in [5, 5.41) is 13.5. The number of rotatable bonds is 3. The molecule has 3 unspecified atom stereocenters. The molecule has 1 aliphatic carbocycles. The zero-order chi connectivity index (χ0) is 12.3. The molecule has 2 N–H and O–H groups in total. The Balaban J connectivity index is 2.01. The molecule has 2 rings (SSSR count). The molecule has 0 amide bonds. The summed E-state index contributed by atoms with van der Waals surface area (Å²) in [7, 11) is 0. The molecule has 1 fully saturated rings. The molecule has 0 radical (unpaired) electrons. The van der Waals surface area contributed by atoms with Crippen LogP contribution in [0.4, 0.5) is 0 Å². The number of benzene rings is 1. The quantitative estimate of drug-likeness (QED) is 0.841. The van der Waals surface area contributed by atoms with Crippen molar-refractivity contribution in [2.75, 3.05) is 0 Å². The summed E-state index contributed by atoms with van der Waals surface area (Å²) >= 11 is 0. The molecule has 1 saturated carbocycles. The highest BCUT2D eigenvalue weighted by Gasteiger charge is 2.24. The maximum Gasteiger partial charge on any atom is 0.0693 e. The van der Waals surface area contributed by atoms with Gasteiger partial charge < -0.3 is 10.4 Å².